The van der Waals surface area contributed by atoms with E-state index in [0.717, 1.165) is 29.2 Å². The average molecular weight is 401 g/mol. The van der Waals surface area contributed by atoms with E-state index < -0.39 is 23.6 Å². The van der Waals surface area contributed by atoms with E-state index in [-0.39, 0.29) is 12.1 Å². The van der Waals surface area contributed by atoms with Gasteiger partial charge < -0.3 is 15.0 Å². The molecule has 2 aromatic rings. The Morgan fingerprint density at radius 2 is 1.78 bits per heavy atom. The van der Waals surface area contributed by atoms with Gasteiger partial charge in [0.1, 0.15) is 5.75 Å². The minimum absolute atomic E-state index is 0.0404. The first-order chi connectivity index (χ1) is 12.6. The molecule has 0 saturated heterocycles. The minimum atomic E-state index is -4.48. The zero-order valence-corrected chi connectivity index (χ0v) is 15.2. The largest absolute Gasteiger partial charge is 0.495 e. The van der Waals surface area contributed by atoms with Gasteiger partial charge in [0.05, 0.1) is 24.9 Å². The van der Waals surface area contributed by atoms with Crippen molar-refractivity contribution in [2.24, 2.45) is 0 Å². The molecule has 9 heteroatoms. The number of halogens is 4. The first-order valence-electron chi connectivity index (χ1n) is 7.68. The summed E-state index contributed by atoms with van der Waals surface area (Å²) in [6, 6.07) is 8.44. The van der Waals surface area contributed by atoms with Gasteiger partial charge in [0.25, 0.3) is 5.91 Å². The van der Waals surface area contributed by atoms with Gasteiger partial charge in [-0.25, -0.2) is 0 Å². The zero-order chi connectivity index (χ0) is 20.2. The van der Waals surface area contributed by atoms with Crippen LogP contribution < -0.4 is 10.1 Å². The maximum Gasteiger partial charge on any atom is 0.416 e. The molecule has 0 aliphatic carbocycles. The van der Waals surface area contributed by atoms with Gasteiger partial charge in [-0.2, -0.15) is 13.2 Å². The van der Waals surface area contributed by atoms with Crippen molar-refractivity contribution < 1.29 is 27.5 Å². The Labute approximate surface area is 158 Å². The number of nitrogens with zero attached hydrogens (tertiary/aromatic N) is 1. The van der Waals surface area contributed by atoms with Gasteiger partial charge in [-0.3, -0.25) is 9.59 Å². The van der Waals surface area contributed by atoms with E-state index in [0.29, 0.717) is 16.5 Å². The Morgan fingerprint density at radius 3 is 2.33 bits per heavy atom. The third-order valence-corrected chi connectivity index (χ3v) is 3.86. The van der Waals surface area contributed by atoms with Crippen molar-refractivity contribution in [3.8, 4) is 5.75 Å². The molecule has 0 radical (unpaired) electrons. The van der Waals surface area contributed by atoms with Crippen LogP contribution in [0.2, 0.25) is 5.02 Å². The third kappa shape index (κ3) is 5.37. The monoisotopic (exact) mass is 400 g/mol. The minimum Gasteiger partial charge on any atom is -0.495 e. The number of hydrogen-bond acceptors (Lipinski definition) is 3. The van der Waals surface area contributed by atoms with Crippen molar-refractivity contribution in [1.82, 2.24) is 4.90 Å². The van der Waals surface area contributed by atoms with Crippen molar-refractivity contribution in [3.63, 3.8) is 0 Å². The molecule has 27 heavy (non-hydrogen) atoms. The smallest absolute Gasteiger partial charge is 0.416 e. The molecule has 0 heterocycles. The van der Waals surface area contributed by atoms with E-state index >= 15 is 0 Å². The second kappa shape index (κ2) is 8.30. The number of anilines is 1. The number of alkyl halides is 3. The number of amides is 2. The Bertz CT molecular complexity index is 839. The lowest BCUT2D eigenvalue weighted by Gasteiger charge is -2.18. The molecule has 2 aromatic carbocycles. The molecule has 0 aliphatic heterocycles. The van der Waals surface area contributed by atoms with Crippen molar-refractivity contribution in [2.45, 2.75) is 6.18 Å². The highest BCUT2D eigenvalue weighted by atomic mass is 35.5. The summed E-state index contributed by atoms with van der Waals surface area (Å²) in [5.74, 6) is -0.709. The zero-order valence-electron chi connectivity index (χ0n) is 14.4. The number of ether oxygens (including phenoxy) is 1. The molecule has 5 nitrogen and oxygen atoms in total. The van der Waals surface area contributed by atoms with Crippen LogP contribution in [0, 0.1) is 0 Å². The number of nitrogens with one attached hydrogen (secondary N) is 1. The van der Waals surface area contributed by atoms with Crippen LogP contribution >= 0.6 is 11.6 Å². The summed E-state index contributed by atoms with van der Waals surface area (Å²) in [5.41, 5.74) is -0.475. The van der Waals surface area contributed by atoms with Gasteiger partial charge in [0.2, 0.25) is 5.91 Å². The number of methoxy groups -OCH3 is 1. The highest BCUT2D eigenvalue weighted by Gasteiger charge is 2.30. The van der Waals surface area contributed by atoms with Crippen LogP contribution in [0.5, 0.6) is 5.75 Å². The number of carbonyl (C=O) groups is 2. The molecule has 144 valence electrons. The molecule has 0 fully saturated rings. The lowest BCUT2D eigenvalue weighted by molar-refractivity contribution is -0.137. The van der Waals surface area contributed by atoms with Gasteiger partial charge in [-0.15, -0.1) is 0 Å². The molecule has 1 N–H and O–H groups in total. The summed E-state index contributed by atoms with van der Waals surface area (Å²) in [6.07, 6.45) is -4.48. The summed E-state index contributed by atoms with van der Waals surface area (Å²) < 4.78 is 42.9. The normalized spacial score (nSPS) is 11.0. The fourth-order valence-corrected chi connectivity index (χ4v) is 2.45. The van der Waals surface area contributed by atoms with E-state index in [1.807, 2.05) is 0 Å². The molecule has 0 bridgehead atoms. The van der Waals surface area contributed by atoms with Crippen molar-refractivity contribution >= 4 is 29.1 Å². The molecule has 0 saturated carbocycles. The van der Waals surface area contributed by atoms with Crippen LogP contribution in [0.25, 0.3) is 0 Å². The van der Waals surface area contributed by atoms with Gasteiger partial charge in [0, 0.05) is 17.6 Å². The topological polar surface area (TPSA) is 58.6 Å². The Morgan fingerprint density at radius 1 is 1.15 bits per heavy atom. The fourth-order valence-electron chi connectivity index (χ4n) is 2.28. The van der Waals surface area contributed by atoms with Gasteiger partial charge >= 0.3 is 6.18 Å². The van der Waals surface area contributed by atoms with Crippen LogP contribution in [0.3, 0.4) is 0 Å². The molecular formula is C18H16ClF3N2O3. The third-order valence-electron chi connectivity index (χ3n) is 3.62. The maximum absolute atomic E-state index is 12.6. The van der Waals surface area contributed by atoms with Gasteiger partial charge in [-0.05, 0) is 42.5 Å². The van der Waals surface area contributed by atoms with Crippen LogP contribution in [-0.2, 0) is 11.0 Å². The second-order valence-electron chi connectivity index (χ2n) is 5.63. The van der Waals surface area contributed by atoms with E-state index in [4.69, 9.17) is 16.3 Å². The molecule has 0 atom stereocenters. The quantitative estimate of drug-likeness (QED) is 0.822. The Kier molecular flexibility index (Phi) is 6.32. The first kappa shape index (κ1) is 20.6. The summed E-state index contributed by atoms with van der Waals surface area (Å²) in [6.45, 7) is -0.310. The second-order valence-corrected chi connectivity index (χ2v) is 6.07. The molecular weight excluding hydrogens is 385 g/mol. The van der Waals surface area contributed by atoms with Gasteiger partial charge in [-0.1, -0.05) is 11.6 Å². The van der Waals surface area contributed by atoms with Crippen molar-refractivity contribution in [2.75, 3.05) is 26.0 Å². The number of hydrogen-bond donors (Lipinski definition) is 1. The predicted octanol–water partition coefficient (Wildman–Crippen LogP) is 4.08. The lowest BCUT2D eigenvalue weighted by atomic mass is 10.1. The molecule has 0 aliphatic rings. The Balaban J connectivity index is 2.04. The first-order valence-corrected chi connectivity index (χ1v) is 8.05. The summed E-state index contributed by atoms with van der Waals surface area (Å²) in [4.78, 5) is 25.6. The van der Waals surface area contributed by atoms with E-state index in [2.05, 4.69) is 5.32 Å². The lowest BCUT2D eigenvalue weighted by Crippen LogP contribution is -2.35. The number of benzene rings is 2. The molecule has 2 amide bonds. The number of carbonyl (C=O) groups excluding carboxylic acids is 2. The SMILES string of the molecule is COc1ccc(Cl)cc1NC(=O)CN(C)C(=O)c1ccc(C(F)(F)F)cc1. The van der Waals surface area contributed by atoms with Crippen LogP contribution in [0.1, 0.15) is 15.9 Å². The summed E-state index contributed by atoms with van der Waals surface area (Å²) in [5, 5.41) is 2.97. The van der Waals surface area contributed by atoms with Crippen LogP contribution in [-0.4, -0.2) is 37.4 Å². The van der Waals surface area contributed by atoms with E-state index in [9.17, 15) is 22.8 Å². The molecule has 0 spiro atoms. The van der Waals surface area contributed by atoms with Gasteiger partial charge in [0.15, 0.2) is 0 Å². The average Bonchev–Trinajstić information content (AvgIpc) is 2.60. The molecule has 2 rings (SSSR count). The number of rotatable bonds is 5. The molecule has 0 aromatic heterocycles. The Hall–Kier alpha value is -2.74. The molecule has 0 unspecified atom stereocenters. The number of likely N-dealkylation sites (N-methyl/N-ethyl adjacent to an activating group) is 1. The predicted molar refractivity (Wildman–Crippen MR) is 95.0 cm³/mol. The van der Waals surface area contributed by atoms with Crippen LogP contribution in [0.15, 0.2) is 42.5 Å². The maximum atomic E-state index is 12.6. The van der Waals surface area contributed by atoms with Crippen molar-refractivity contribution in [3.05, 3.63) is 58.6 Å². The summed E-state index contributed by atoms with van der Waals surface area (Å²) >= 11 is 5.89. The fraction of sp³-hybridized carbons (Fsp3) is 0.222. The highest BCUT2D eigenvalue weighted by molar-refractivity contribution is 6.31. The van der Waals surface area contributed by atoms with Crippen molar-refractivity contribution in [1.29, 1.82) is 0 Å². The van der Waals surface area contributed by atoms with E-state index in [1.165, 1.54) is 20.2 Å². The van der Waals surface area contributed by atoms with Crippen LogP contribution in [0.4, 0.5) is 18.9 Å². The standard InChI is InChI=1S/C18H16ClF3N2O3/c1-24(17(26)11-3-5-12(6-4-11)18(20,21)22)10-16(25)23-14-9-13(19)7-8-15(14)27-2/h3-9H,10H2,1-2H3,(H,23,25). The highest BCUT2D eigenvalue weighted by Crippen LogP contribution is 2.29. The van der Waals surface area contributed by atoms with E-state index in [1.54, 1.807) is 12.1 Å². The summed E-state index contributed by atoms with van der Waals surface area (Å²) in [7, 11) is 2.80.